The van der Waals surface area contributed by atoms with Crippen LogP contribution in [0.25, 0.3) is 0 Å². The number of hydrogen-bond donors (Lipinski definition) is 4. The Kier molecular flexibility index (Phi) is 3.50. The lowest BCUT2D eigenvalue weighted by molar-refractivity contribution is 0.598. The van der Waals surface area contributed by atoms with Crippen molar-refractivity contribution >= 4 is 21.7 Å². The maximum atomic E-state index is 11.1. The van der Waals surface area contributed by atoms with Crippen molar-refractivity contribution in [2.45, 2.75) is 23.8 Å². The van der Waals surface area contributed by atoms with Crippen LogP contribution >= 0.6 is 0 Å². The Labute approximate surface area is 105 Å². The molecule has 0 amide bonds. The Morgan fingerprint density at radius 3 is 2.33 bits per heavy atom. The molecule has 18 heavy (non-hydrogen) atoms. The molecule has 2 rings (SSSR count). The second kappa shape index (κ2) is 4.92. The lowest BCUT2D eigenvalue weighted by atomic mass is 10.3. The maximum Gasteiger partial charge on any atom is 0.238 e. The van der Waals surface area contributed by atoms with E-state index in [1.165, 1.54) is 12.1 Å². The molecule has 1 fully saturated rings. The molecule has 0 saturated heterocycles. The van der Waals surface area contributed by atoms with Crippen molar-refractivity contribution in [3.8, 4) is 0 Å². The third-order valence-electron chi connectivity index (χ3n) is 2.44. The maximum absolute atomic E-state index is 11.1. The number of nitrogens with one attached hydrogen (secondary N) is 2. The van der Waals surface area contributed by atoms with Crippen LogP contribution in [-0.4, -0.2) is 20.4 Å². The van der Waals surface area contributed by atoms with Crippen LogP contribution < -0.4 is 21.7 Å². The van der Waals surface area contributed by atoms with Gasteiger partial charge in [-0.2, -0.15) is 0 Å². The zero-order chi connectivity index (χ0) is 13.2. The topological polar surface area (TPSA) is 123 Å². The Morgan fingerprint density at radius 1 is 1.28 bits per heavy atom. The average Bonchev–Trinajstić information content (AvgIpc) is 3.11. The predicted octanol–water partition coefficient (Wildman–Crippen LogP) is -0.272. The van der Waals surface area contributed by atoms with Crippen molar-refractivity contribution < 1.29 is 8.42 Å². The normalized spacial score (nSPS) is 16.4. The molecule has 1 aliphatic carbocycles. The summed E-state index contributed by atoms with van der Waals surface area (Å²) < 4.78 is 22.2. The van der Waals surface area contributed by atoms with Crippen LogP contribution in [-0.2, 0) is 10.0 Å². The number of hydrogen-bond acceptors (Lipinski definition) is 4. The molecule has 0 aliphatic heterocycles. The first-order valence-corrected chi connectivity index (χ1v) is 6.98. The summed E-state index contributed by atoms with van der Waals surface area (Å²) in [6.45, 7) is 0. The third kappa shape index (κ3) is 3.42. The van der Waals surface area contributed by atoms with Crippen molar-refractivity contribution in [3.05, 3.63) is 24.3 Å². The first-order valence-electron chi connectivity index (χ1n) is 5.43. The van der Waals surface area contributed by atoms with Gasteiger partial charge in [-0.05, 0) is 37.1 Å². The molecule has 0 radical (unpaired) electrons. The van der Waals surface area contributed by atoms with Gasteiger partial charge in [-0.1, -0.05) is 0 Å². The minimum Gasteiger partial charge on any atom is -0.325 e. The van der Waals surface area contributed by atoms with Crippen LogP contribution in [0.4, 0.5) is 5.69 Å². The molecule has 0 spiro atoms. The Balaban J connectivity index is 2.10. The van der Waals surface area contributed by atoms with E-state index in [0.29, 0.717) is 17.7 Å². The van der Waals surface area contributed by atoms with Gasteiger partial charge in [-0.25, -0.2) is 24.4 Å². The summed E-state index contributed by atoms with van der Waals surface area (Å²) in [4.78, 5) is 4.36. The molecule has 6 N–H and O–H groups in total. The molecule has 1 aromatic rings. The lowest BCUT2D eigenvalue weighted by Gasteiger charge is -2.09. The monoisotopic (exact) mass is 269 g/mol. The summed E-state index contributed by atoms with van der Waals surface area (Å²) in [7, 11) is -3.66. The standard InChI is InChI=1S/C10H15N5O2S/c11-15-10(13-7-1-2-7)14-8-3-5-9(6-4-8)18(12,16)17/h3-7H,1-2,11H2,(H2,12,16,17)(H2,13,14,15). The Hall–Kier alpha value is -1.64. The number of sulfonamides is 1. The highest BCUT2D eigenvalue weighted by molar-refractivity contribution is 7.89. The van der Waals surface area contributed by atoms with E-state index in [9.17, 15) is 8.42 Å². The number of guanidine groups is 1. The van der Waals surface area contributed by atoms with Crippen LogP contribution in [0.15, 0.2) is 34.2 Å². The van der Waals surface area contributed by atoms with E-state index in [0.717, 1.165) is 12.8 Å². The van der Waals surface area contributed by atoms with Gasteiger partial charge in [-0.15, -0.1) is 0 Å². The number of nitrogens with zero attached hydrogens (tertiary/aromatic N) is 1. The molecule has 0 heterocycles. The largest absolute Gasteiger partial charge is 0.325 e. The first-order chi connectivity index (χ1) is 8.49. The third-order valence-corrected chi connectivity index (χ3v) is 3.37. The molecule has 7 nitrogen and oxygen atoms in total. The van der Waals surface area contributed by atoms with Crippen molar-refractivity contribution in [2.75, 3.05) is 5.32 Å². The lowest BCUT2D eigenvalue weighted by Crippen LogP contribution is -2.36. The minimum absolute atomic E-state index is 0.0643. The highest BCUT2D eigenvalue weighted by Crippen LogP contribution is 2.23. The fourth-order valence-corrected chi connectivity index (χ4v) is 1.87. The van der Waals surface area contributed by atoms with E-state index in [1.807, 2.05) is 0 Å². The summed E-state index contributed by atoms with van der Waals surface area (Å²) in [6, 6.07) is 6.36. The van der Waals surface area contributed by atoms with Gasteiger partial charge in [0, 0.05) is 5.69 Å². The van der Waals surface area contributed by atoms with Gasteiger partial charge in [0.1, 0.15) is 0 Å². The van der Waals surface area contributed by atoms with Crippen molar-refractivity contribution in [1.82, 2.24) is 5.43 Å². The highest BCUT2D eigenvalue weighted by Gasteiger charge is 2.21. The van der Waals surface area contributed by atoms with Crippen LogP contribution in [0, 0.1) is 0 Å². The van der Waals surface area contributed by atoms with Crippen molar-refractivity contribution in [1.29, 1.82) is 0 Å². The molecule has 8 heteroatoms. The average molecular weight is 269 g/mol. The summed E-state index contributed by atoms with van der Waals surface area (Å²) in [5.74, 6) is 5.80. The van der Waals surface area contributed by atoms with Gasteiger partial charge in [-0.3, -0.25) is 5.43 Å². The molecule has 98 valence electrons. The number of primary sulfonamides is 1. The van der Waals surface area contributed by atoms with Crippen LogP contribution in [0.3, 0.4) is 0 Å². The molecule has 0 unspecified atom stereocenters. The van der Waals surface area contributed by atoms with Gasteiger partial charge in [0.15, 0.2) is 0 Å². The van der Waals surface area contributed by atoms with Gasteiger partial charge in [0.2, 0.25) is 16.0 Å². The van der Waals surface area contributed by atoms with Crippen LogP contribution in [0.5, 0.6) is 0 Å². The minimum atomic E-state index is -3.66. The summed E-state index contributed by atoms with van der Waals surface area (Å²) >= 11 is 0. The second-order valence-corrected chi connectivity index (χ2v) is 5.61. The number of nitrogens with two attached hydrogens (primary N) is 2. The zero-order valence-corrected chi connectivity index (χ0v) is 10.4. The second-order valence-electron chi connectivity index (χ2n) is 4.05. The number of aliphatic imine (C=N–C) groups is 1. The molecule has 1 saturated carbocycles. The Morgan fingerprint density at radius 2 is 1.89 bits per heavy atom. The summed E-state index contributed by atoms with van der Waals surface area (Å²) in [6.07, 6.45) is 2.13. The summed E-state index contributed by atoms with van der Waals surface area (Å²) in [5.41, 5.74) is 3.14. The molecule has 1 aliphatic rings. The van der Waals surface area contributed by atoms with Crippen molar-refractivity contribution in [3.63, 3.8) is 0 Å². The molecule has 1 aromatic carbocycles. The molecular weight excluding hydrogens is 254 g/mol. The fourth-order valence-electron chi connectivity index (χ4n) is 1.36. The number of hydrazine groups is 1. The fraction of sp³-hybridized carbons (Fsp3) is 0.300. The zero-order valence-electron chi connectivity index (χ0n) is 9.63. The molecule has 0 bridgehead atoms. The molecule has 0 aromatic heterocycles. The number of anilines is 1. The Bertz CT molecular complexity index is 548. The predicted molar refractivity (Wildman–Crippen MR) is 69.2 cm³/mol. The van der Waals surface area contributed by atoms with Crippen LogP contribution in [0.1, 0.15) is 12.8 Å². The van der Waals surface area contributed by atoms with Crippen molar-refractivity contribution in [2.24, 2.45) is 16.0 Å². The van der Waals surface area contributed by atoms with E-state index in [-0.39, 0.29) is 4.90 Å². The number of benzene rings is 1. The number of rotatable bonds is 3. The molecule has 0 atom stereocenters. The van der Waals surface area contributed by atoms with Gasteiger partial charge in [0.05, 0.1) is 10.9 Å². The van der Waals surface area contributed by atoms with Gasteiger partial charge < -0.3 is 5.32 Å². The van der Waals surface area contributed by atoms with E-state index >= 15 is 0 Å². The smallest absolute Gasteiger partial charge is 0.238 e. The van der Waals surface area contributed by atoms with E-state index in [4.69, 9.17) is 11.0 Å². The van der Waals surface area contributed by atoms with Gasteiger partial charge >= 0.3 is 0 Å². The SMILES string of the molecule is NNC(=NC1CC1)Nc1ccc(S(N)(=O)=O)cc1. The van der Waals surface area contributed by atoms with E-state index in [2.05, 4.69) is 15.7 Å². The quantitative estimate of drug-likeness (QED) is 0.260. The first kappa shape index (κ1) is 12.8. The van der Waals surface area contributed by atoms with Gasteiger partial charge in [0.25, 0.3) is 0 Å². The van der Waals surface area contributed by atoms with E-state index in [1.54, 1.807) is 12.1 Å². The van der Waals surface area contributed by atoms with Crippen LogP contribution in [0.2, 0.25) is 0 Å². The summed E-state index contributed by atoms with van der Waals surface area (Å²) in [5, 5.41) is 7.96. The van der Waals surface area contributed by atoms with E-state index < -0.39 is 10.0 Å². The molecular formula is C10H15N5O2S. The highest BCUT2D eigenvalue weighted by atomic mass is 32.2.